The maximum Gasteiger partial charge on any atom is 0.573 e. The number of rotatable bonds is 13. The van der Waals surface area contributed by atoms with Crippen LogP contribution >= 0.6 is 0 Å². The van der Waals surface area contributed by atoms with Crippen LogP contribution in [0.3, 0.4) is 0 Å². The molecule has 0 bridgehead atoms. The van der Waals surface area contributed by atoms with Gasteiger partial charge in [-0.2, -0.15) is 0 Å². The monoisotopic (exact) mass is 724 g/mol. The number of piperidine rings is 1. The van der Waals surface area contributed by atoms with Crippen LogP contribution in [-0.2, 0) is 22.8 Å². The Labute approximate surface area is 293 Å². The fourth-order valence-electron chi connectivity index (χ4n) is 5.89. The summed E-state index contributed by atoms with van der Waals surface area (Å²) < 4.78 is 63.2. The van der Waals surface area contributed by atoms with E-state index in [0.717, 1.165) is 33.8 Å². The Hall–Kier alpha value is -4.72. The van der Waals surface area contributed by atoms with Gasteiger partial charge in [0, 0.05) is 50.5 Å². The molecule has 0 amide bonds. The van der Waals surface area contributed by atoms with Crippen LogP contribution in [0.2, 0.25) is 25.7 Å². The lowest BCUT2D eigenvalue weighted by Crippen LogP contribution is -2.41. The number of para-hydroxylation sites is 1. The Kier molecular flexibility index (Phi) is 10.5. The van der Waals surface area contributed by atoms with Gasteiger partial charge in [-0.25, -0.2) is 9.36 Å². The van der Waals surface area contributed by atoms with Crippen molar-refractivity contribution in [2.24, 2.45) is 0 Å². The highest BCUT2D eigenvalue weighted by Crippen LogP contribution is 2.46. The fraction of sp³-hybridized carbons (Fsp3) is 0.457. The number of hydrogen-bond donors (Lipinski definition) is 0. The Bertz CT molecular complexity index is 2000. The first-order valence-corrected chi connectivity index (χ1v) is 20.5. The van der Waals surface area contributed by atoms with Gasteiger partial charge in [-0.05, 0) is 73.2 Å². The first-order valence-electron chi connectivity index (χ1n) is 16.8. The lowest BCUT2D eigenvalue weighted by Gasteiger charge is -2.33. The Morgan fingerprint density at radius 3 is 2.33 bits per heavy atom. The molecule has 1 aliphatic heterocycles. The number of halogens is 3. The lowest BCUT2D eigenvalue weighted by molar-refractivity contribution is -0.274. The molecule has 2 fully saturated rings. The SMILES string of the molecule is [C-]#[N+]c1nn(-c2ccc(N3CCC(OCc4c(-c5ccccc5OC(F)(F)F)noc4C4CC4)CC3)cc2)c(=O)n(COCC[Si](C)(C)C)c1=O. The van der Waals surface area contributed by atoms with Crippen LogP contribution in [0.25, 0.3) is 21.8 Å². The van der Waals surface area contributed by atoms with E-state index in [1.54, 1.807) is 18.2 Å². The summed E-state index contributed by atoms with van der Waals surface area (Å²) in [5.74, 6) is 0.0421. The second kappa shape index (κ2) is 14.9. The molecule has 51 heavy (non-hydrogen) atoms. The van der Waals surface area contributed by atoms with E-state index in [2.05, 4.69) is 44.4 Å². The van der Waals surface area contributed by atoms with Gasteiger partial charge in [0.2, 0.25) is 0 Å². The highest BCUT2D eigenvalue weighted by Gasteiger charge is 2.36. The van der Waals surface area contributed by atoms with Crippen LogP contribution < -0.4 is 20.9 Å². The third-order valence-corrected chi connectivity index (χ3v) is 10.6. The first-order chi connectivity index (χ1) is 24.3. The number of nitrogens with zero attached hydrogens (tertiary/aromatic N) is 6. The topological polar surface area (TPSA) is 118 Å². The smallest absolute Gasteiger partial charge is 0.405 e. The van der Waals surface area contributed by atoms with Crippen molar-refractivity contribution in [3.05, 3.63) is 92.1 Å². The minimum Gasteiger partial charge on any atom is -0.405 e. The van der Waals surface area contributed by atoms with Gasteiger partial charge in [-0.3, -0.25) is 4.79 Å². The average Bonchev–Trinajstić information content (AvgIpc) is 3.85. The fourth-order valence-corrected chi connectivity index (χ4v) is 6.65. The summed E-state index contributed by atoms with van der Waals surface area (Å²) in [6, 6.07) is 13.9. The predicted molar refractivity (Wildman–Crippen MR) is 185 cm³/mol. The van der Waals surface area contributed by atoms with Crippen LogP contribution in [0, 0.1) is 6.57 Å². The van der Waals surface area contributed by atoms with E-state index in [-0.39, 0.29) is 42.4 Å². The molecule has 1 saturated heterocycles. The van der Waals surface area contributed by atoms with Crippen molar-refractivity contribution in [2.75, 3.05) is 24.6 Å². The summed E-state index contributed by atoms with van der Waals surface area (Å²) in [6.45, 7) is 15.7. The zero-order valence-corrected chi connectivity index (χ0v) is 29.6. The van der Waals surface area contributed by atoms with Crippen molar-refractivity contribution in [1.29, 1.82) is 0 Å². The molecule has 1 aliphatic carbocycles. The van der Waals surface area contributed by atoms with Crippen LogP contribution in [0.5, 0.6) is 5.75 Å². The molecule has 0 N–H and O–H groups in total. The van der Waals surface area contributed by atoms with Crippen molar-refractivity contribution in [1.82, 2.24) is 19.5 Å². The summed E-state index contributed by atoms with van der Waals surface area (Å²) in [5, 5.41) is 8.18. The second-order valence-electron chi connectivity index (χ2n) is 13.9. The minimum atomic E-state index is -4.85. The molecule has 3 heterocycles. The third-order valence-electron chi connectivity index (χ3n) is 8.87. The predicted octanol–water partition coefficient (Wildman–Crippen LogP) is 6.87. The van der Waals surface area contributed by atoms with Gasteiger partial charge in [-0.1, -0.05) is 43.5 Å². The molecule has 1 saturated carbocycles. The van der Waals surface area contributed by atoms with E-state index in [4.69, 9.17) is 20.6 Å². The van der Waals surface area contributed by atoms with Gasteiger partial charge >= 0.3 is 17.9 Å². The van der Waals surface area contributed by atoms with Gasteiger partial charge in [0.1, 0.15) is 23.9 Å². The van der Waals surface area contributed by atoms with Crippen molar-refractivity contribution in [3.8, 4) is 22.7 Å². The van der Waals surface area contributed by atoms with Crippen molar-refractivity contribution in [3.63, 3.8) is 0 Å². The Balaban J connectivity index is 1.10. The molecule has 0 atom stereocenters. The molecule has 0 radical (unpaired) electrons. The van der Waals surface area contributed by atoms with Gasteiger partial charge in [0.15, 0.2) is 0 Å². The highest BCUT2D eigenvalue weighted by atomic mass is 28.3. The van der Waals surface area contributed by atoms with E-state index < -0.39 is 31.5 Å². The van der Waals surface area contributed by atoms with Gasteiger partial charge in [0.05, 0.1) is 18.4 Å². The molecular formula is C35H39F3N6O6Si. The number of hydrogen-bond acceptors (Lipinski definition) is 9. The minimum absolute atomic E-state index is 0.0965. The van der Waals surface area contributed by atoms with Crippen LogP contribution in [-0.4, -0.2) is 59.7 Å². The lowest BCUT2D eigenvalue weighted by atomic mass is 10.0. The molecule has 2 aromatic carbocycles. The maximum atomic E-state index is 13.3. The molecule has 6 rings (SSSR count). The maximum absolute atomic E-state index is 13.3. The summed E-state index contributed by atoms with van der Waals surface area (Å²) in [7, 11) is -1.38. The number of alkyl halides is 3. The van der Waals surface area contributed by atoms with E-state index in [1.807, 2.05) is 12.1 Å². The molecule has 2 aromatic heterocycles. The number of ether oxygens (including phenoxy) is 3. The molecule has 0 spiro atoms. The zero-order valence-electron chi connectivity index (χ0n) is 28.6. The van der Waals surface area contributed by atoms with E-state index in [1.165, 1.54) is 18.2 Å². The summed E-state index contributed by atoms with van der Waals surface area (Å²) in [6.07, 6.45) is -1.71. The molecule has 4 aromatic rings. The van der Waals surface area contributed by atoms with Crippen molar-refractivity contribution >= 4 is 19.6 Å². The quantitative estimate of drug-likeness (QED) is 0.0827. The van der Waals surface area contributed by atoms with Crippen LogP contribution in [0.1, 0.15) is 42.9 Å². The Morgan fingerprint density at radius 2 is 1.69 bits per heavy atom. The van der Waals surface area contributed by atoms with Crippen molar-refractivity contribution < 1.29 is 31.9 Å². The summed E-state index contributed by atoms with van der Waals surface area (Å²) in [5.41, 5.74) is 0.959. The molecule has 16 heteroatoms. The molecule has 12 nitrogen and oxygen atoms in total. The van der Waals surface area contributed by atoms with Gasteiger partial charge < -0.3 is 28.5 Å². The average molecular weight is 725 g/mol. The largest absolute Gasteiger partial charge is 0.573 e. The van der Waals surface area contributed by atoms with Crippen LogP contribution in [0.15, 0.2) is 62.6 Å². The summed E-state index contributed by atoms with van der Waals surface area (Å²) >= 11 is 0. The van der Waals surface area contributed by atoms with Crippen molar-refractivity contribution in [2.45, 2.75) is 83.1 Å². The number of anilines is 1. The highest BCUT2D eigenvalue weighted by molar-refractivity contribution is 6.76. The second-order valence-corrected chi connectivity index (χ2v) is 19.5. The molecule has 270 valence electrons. The van der Waals surface area contributed by atoms with Gasteiger partial charge in [0.25, 0.3) is 5.56 Å². The molecule has 0 unspecified atom stereocenters. The number of aromatic nitrogens is 4. The van der Waals surface area contributed by atoms with E-state index >= 15 is 0 Å². The zero-order chi connectivity index (χ0) is 36.3. The van der Waals surface area contributed by atoms with Gasteiger partial charge in [-0.15, -0.1) is 17.9 Å². The molecular weight excluding hydrogens is 686 g/mol. The number of benzene rings is 2. The first kappa shape index (κ1) is 36.1. The Morgan fingerprint density at radius 1 is 1.00 bits per heavy atom. The van der Waals surface area contributed by atoms with E-state index in [0.29, 0.717) is 49.5 Å². The normalized spacial score (nSPS) is 15.6. The molecule has 2 aliphatic rings. The standard InChI is InChI=1S/C35H39F3N6O6Si/c1-39-32-33(45)43(22-47-19-20-51(2,3)4)34(46)44(40-32)25-13-11-24(12-14-25)42-17-15-26(16-18-42)48-21-28-30(41-50-31(28)23-9-10-23)27-7-5-6-8-29(27)49-35(36,37)38/h5-8,11-14,23,26H,9-10,15-22H2,2-4H3. The van der Waals surface area contributed by atoms with Crippen LogP contribution in [0.4, 0.5) is 24.7 Å². The third kappa shape index (κ3) is 8.78. The summed E-state index contributed by atoms with van der Waals surface area (Å²) in [4.78, 5) is 31.4. The van der Waals surface area contributed by atoms with E-state index in [9.17, 15) is 22.8 Å².